The van der Waals surface area contributed by atoms with E-state index in [1.165, 1.54) is 24.2 Å². The summed E-state index contributed by atoms with van der Waals surface area (Å²) in [5.41, 5.74) is 3.35. The highest BCUT2D eigenvalue weighted by Crippen LogP contribution is 2.36. The number of carbonyl (C=O) groups excluding carboxylic acids is 1. The number of anilines is 1. The summed E-state index contributed by atoms with van der Waals surface area (Å²) in [4.78, 5) is 30.4. The lowest BCUT2D eigenvalue weighted by Crippen LogP contribution is -2.51. The van der Waals surface area contributed by atoms with Gasteiger partial charge in [0, 0.05) is 43.6 Å². The van der Waals surface area contributed by atoms with Crippen molar-refractivity contribution in [2.24, 2.45) is 5.92 Å². The zero-order valence-electron chi connectivity index (χ0n) is 23.9. The van der Waals surface area contributed by atoms with E-state index in [0.717, 1.165) is 46.4 Å². The van der Waals surface area contributed by atoms with Crippen molar-refractivity contribution in [3.05, 3.63) is 66.5 Å². The molecule has 6 rings (SSSR count). The standard InChI is InChI=1S/C31H36N6O3S2/c1-21-20-37(18-17-36(21)2)42(39,40)25-9-7-23(8-10-25)26(19-22-5-3-4-6-22)29(38)35-31-34-28-12-11-27(33-30(28)41-31)24-13-15-32-16-14-24/h7-16,21-22,26H,3-6,17-20H2,1-2H3,(H,34,35,38). The molecule has 1 saturated carbocycles. The second-order valence-electron chi connectivity index (χ2n) is 11.5. The number of rotatable bonds is 8. The fraction of sp³-hybridized carbons (Fsp3) is 0.419. The number of pyridine rings is 2. The number of thiazole rings is 1. The van der Waals surface area contributed by atoms with Crippen molar-refractivity contribution in [2.75, 3.05) is 32.0 Å². The van der Waals surface area contributed by atoms with Gasteiger partial charge in [-0.25, -0.2) is 18.4 Å². The summed E-state index contributed by atoms with van der Waals surface area (Å²) in [5.74, 6) is -0.0596. The number of carbonyl (C=O) groups is 1. The predicted octanol–water partition coefficient (Wildman–Crippen LogP) is 5.38. The molecule has 0 spiro atoms. The maximum Gasteiger partial charge on any atom is 0.243 e. The molecular weight excluding hydrogens is 569 g/mol. The molecule has 0 bridgehead atoms. The Kier molecular flexibility index (Phi) is 8.35. The van der Waals surface area contributed by atoms with Gasteiger partial charge in [0.15, 0.2) is 5.13 Å². The van der Waals surface area contributed by atoms with E-state index in [9.17, 15) is 13.2 Å². The van der Waals surface area contributed by atoms with Crippen molar-refractivity contribution in [1.82, 2.24) is 24.2 Å². The topological polar surface area (TPSA) is 108 Å². The van der Waals surface area contributed by atoms with Gasteiger partial charge in [0.25, 0.3) is 0 Å². The summed E-state index contributed by atoms with van der Waals surface area (Å²) in [6.45, 7) is 3.68. The average Bonchev–Trinajstić information content (AvgIpc) is 3.67. The van der Waals surface area contributed by atoms with Crippen LogP contribution < -0.4 is 5.32 Å². The number of sulfonamides is 1. The second kappa shape index (κ2) is 12.2. The molecular formula is C31H36N6O3S2. The molecule has 2 atom stereocenters. The van der Waals surface area contributed by atoms with Gasteiger partial charge >= 0.3 is 0 Å². The van der Waals surface area contributed by atoms with Gasteiger partial charge in [0.1, 0.15) is 10.3 Å². The van der Waals surface area contributed by atoms with Crippen LogP contribution in [0.4, 0.5) is 5.13 Å². The van der Waals surface area contributed by atoms with E-state index in [1.54, 1.807) is 28.8 Å². The Bertz CT molecular complexity index is 1650. The number of hydrogen-bond donors (Lipinski definition) is 1. The Balaban J connectivity index is 1.22. The number of nitrogens with zero attached hydrogens (tertiary/aromatic N) is 5. The molecule has 42 heavy (non-hydrogen) atoms. The molecule has 1 amide bonds. The first kappa shape index (κ1) is 28.9. The van der Waals surface area contributed by atoms with Gasteiger partial charge in [-0.15, -0.1) is 0 Å². The van der Waals surface area contributed by atoms with Gasteiger partial charge in [-0.1, -0.05) is 49.2 Å². The number of nitrogens with one attached hydrogen (secondary N) is 1. The number of benzene rings is 1. The van der Waals surface area contributed by atoms with Gasteiger partial charge in [-0.2, -0.15) is 4.31 Å². The normalized spacial score (nSPS) is 19.7. The third-order valence-electron chi connectivity index (χ3n) is 8.66. The predicted molar refractivity (Wildman–Crippen MR) is 166 cm³/mol. The van der Waals surface area contributed by atoms with Crippen molar-refractivity contribution in [1.29, 1.82) is 0 Å². The molecule has 1 aliphatic carbocycles. The summed E-state index contributed by atoms with van der Waals surface area (Å²) in [6, 6.07) is 14.8. The molecule has 1 N–H and O–H groups in total. The van der Waals surface area contributed by atoms with E-state index in [-0.39, 0.29) is 16.8 Å². The molecule has 4 heterocycles. The van der Waals surface area contributed by atoms with Crippen LogP contribution in [0.1, 0.15) is 50.5 Å². The van der Waals surface area contributed by atoms with Crippen LogP contribution in [0.5, 0.6) is 0 Å². The zero-order valence-corrected chi connectivity index (χ0v) is 25.6. The summed E-state index contributed by atoms with van der Waals surface area (Å²) in [7, 11) is -1.59. The molecule has 2 unspecified atom stereocenters. The van der Waals surface area contributed by atoms with Crippen LogP contribution in [0.15, 0.2) is 65.8 Å². The molecule has 2 fully saturated rings. The van der Waals surface area contributed by atoms with Gasteiger partial charge in [-0.05, 0) is 68.3 Å². The minimum atomic E-state index is -3.60. The smallest absolute Gasteiger partial charge is 0.243 e. The van der Waals surface area contributed by atoms with Gasteiger partial charge < -0.3 is 10.2 Å². The summed E-state index contributed by atoms with van der Waals surface area (Å²) < 4.78 is 28.3. The molecule has 1 aliphatic heterocycles. The van der Waals surface area contributed by atoms with Crippen LogP contribution in [0.3, 0.4) is 0 Å². The summed E-state index contributed by atoms with van der Waals surface area (Å²) in [5, 5.41) is 3.56. The molecule has 9 nitrogen and oxygen atoms in total. The third-order valence-corrected chi connectivity index (χ3v) is 11.4. The zero-order chi connectivity index (χ0) is 29.3. The van der Waals surface area contributed by atoms with Crippen molar-refractivity contribution in [2.45, 2.75) is 55.9 Å². The molecule has 4 aromatic rings. The van der Waals surface area contributed by atoms with Crippen molar-refractivity contribution < 1.29 is 13.2 Å². The molecule has 11 heteroatoms. The quantitative estimate of drug-likeness (QED) is 0.288. The van der Waals surface area contributed by atoms with Crippen LogP contribution in [0.2, 0.25) is 0 Å². The molecule has 1 saturated heterocycles. The maximum absolute atomic E-state index is 13.8. The van der Waals surface area contributed by atoms with Crippen LogP contribution in [-0.4, -0.2) is 71.2 Å². The monoisotopic (exact) mass is 604 g/mol. The SMILES string of the molecule is CC1CN(S(=O)(=O)c2ccc(C(CC3CCCC3)C(=O)Nc3nc4ccc(-c5ccncc5)nc4s3)cc2)CCN1C. The van der Waals surface area contributed by atoms with Crippen LogP contribution >= 0.6 is 11.3 Å². The lowest BCUT2D eigenvalue weighted by molar-refractivity contribution is -0.118. The molecule has 2 aliphatic rings. The Hall–Kier alpha value is -3.25. The van der Waals surface area contributed by atoms with Crippen molar-refractivity contribution in [3.8, 4) is 11.3 Å². The minimum Gasteiger partial charge on any atom is -0.301 e. The van der Waals surface area contributed by atoms with E-state index in [4.69, 9.17) is 4.98 Å². The number of likely N-dealkylation sites (N-methyl/N-ethyl adjacent to an activating group) is 1. The third kappa shape index (κ3) is 6.10. The highest BCUT2D eigenvalue weighted by atomic mass is 32.2. The fourth-order valence-corrected chi connectivity index (χ4v) is 8.33. The Morgan fingerprint density at radius 1 is 1.02 bits per heavy atom. The Morgan fingerprint density at radius 3 is 2.48 bits per heavy atom. The summed E-state index contributed by atoms with van der Waals surface area (Å²) in [6.07, 6.45) is 8.79. The average molecular weight is 605 g/mol. The molecule has 3 aromatic heterocycles. The van der Waals surface area contributed by atoms with Crippen LogP contribution in [0, 0.1) is 5.92 Å². The highest BCUT2D eigenvalue weighted by Gasteiger charge is 2.32. The largest absolute Gasteiger partial charge is 0.301 e. The van der Waals surface area contributed by atoms with E-state index < -0.39 is 15.9 Å². The Labute approximate surface area is 251 Å². The maximum atomic E-state index is 13.8. The van der Waals surface area contributed by atoms with Gasteiger partial charge in [0.05, 0.1) is 16.5 Å². The number of fused-ring (bicyclic) bond motifs is 1. The number of piperazine rings is 1. The first-order valence-corrected chi connectivity index (χ1v) is 16.8. The number of aromatic nitrogens is 3. The van der Waals surface area contributed by atoms with Crippen molar-refractivity contribution >= 4 is 42.7 Å². The van der Waals surface area contributed by atoms with Crippen molar-refractivity contribution in [3.63, 3.8) is 0 Å². The summed E-state index contributed by atoms with van der Waals surface area (Å²) >= 11 is 1.35. The lowest BCUT2D eigenvalue weighted by atomic mass is 9.87. The molecule has 1 aromatic carbocycles. The van der Waals surface area contributed by atoms with Gasteiger partial charge in [0.2, 0.25) is 15.9 Å². The minimum absolute atomic E-state index is 0.126. The number of hydrogen-bond acceptors (Lipinski definition) is 8. The fourth-order valence-electron chi connectivity index (χ4n) is 5.97. The van der Waals surface area contributed by atoms with Gasteiger partial charge in [-0.3, -0.25) is 9.78 Å². The van der Waals surface area contributed by atoms with E-state index in [1.807, 2.05) is 50.4 Å². The molecule has 220 valence electrons. The first-order valence-electron chi connectivity index (χ1n) is 14.6. The highest BCUT2D eigenvalue weighted by molar-refractivity contribution is 7.89. The first-order chi connectivity index (χ1) is 20.3. The van der Waals surface area contributed by atoms with E-state index in [2.05, 4.69) is 20.2 Å². The lowest BCUT2D eigenvalue weighted by Gasteiger charge is -2.36. The van der Waals surface area contributed by atoms with Crippen LogP contribution in [0.25, 0.3) is 21.6 Å². The number of amides is 1. The van der Waals surface area contributed by atoms with E-state index >= 15 is 0 Å². The Morgan fingerprint density at radius 2 is 1.76 bits per heavy atom. The van der Waals surface area contributed by atoms with Crippen LogP contribution in [-0.2, 0) is 14.8 Å². The molecule has 0 radical (unpaired) electrons. The van der Waals surface area contributed by atoms with E-state index in [0.29, 0.717) is 30.7 Å². The second-order valence-corrected chi connectivity index (χ2v) is 14.4.